The fourth-order valence-electron chi connectivity index (χ4n) is 19.7. The van der Waals surface area contributed by atoms with Crippen molar-refractivity contribution in [2.24, 2.45) is 17.1 Å². The van der Waals surface area contributed by atoms with Crippen molar-refractivity contribution in [2.45, 2.75) is 134 Å². The molecule has 0 bridgehead atoms. The zero-order valence-electron chi connectivity index (χ0n) is 80.6. The molecule has 6 aliphatic rings. The van der Waals surface area contributed by atoms with Crippen LogP contribution in [-0.4, -0.2) is 280 Å². The molecule has 0 saturated carbocycles. The molecule has 0 aliphatic carbocycles. The van der Waals surface area contributed by atoms with Crippen molar-refractivity contribution < 1.29 is 30.6 Å². The molecule has 9 N–H and O–H groups in total. The first-order valence-corrected chi connectivity index (χ1v) is 47.6. The number of likely N-dealkylation sites (N-methyl/N-ethyl adjacent to an activating group) is 1. The number of aliphatic hydroxyl groups excluding tert-OH is 1. The van der Waals surface area contributed by atoms with Crippen molar-refractivity contribution in [2.75, 3.05) is 126 Å². The first-order chi connectivity index (χ1) is 67.0. The number of β-amino-alcohol motifs (C(OH)–C–C–N with tert-alkyl or cyclic N) is 1. The number of nitrogens with two attached hydrogens (primary N) is 1. The van der Waals surface area contributed by atoms with Gasteiger partial charge < -0.3 is 71.1 Å². The lowest BCUT2D eigenvalue weighted by Crippen LogP contribution is -2.58. The van der Waals surface area contributed by atoms with E-state index in [-0.39, 0.29) is 57.5 Å². The van der Waals surface area contributed by atoms with E-state index in [2.05, 4.69) is 186 Å². The van der Waals surface area contributed by atoms with Gasteiger partial charge in [0.15, 0.2) is 23.3 Å². The van der Waals surface area contributed by atoms with Crippen LogP contribution in [-0.2, 0) is 6.42 Å². The molecule has 1 spiro atoms. The molecule has 6 aliphatic heterocycles. The Bertz CT molecular complexity index is 6480. The number of hydrogen-bond acceptors (Lipinski definition) is 30. The lowest BCUT2D eigenvalue weighted by molar-refractivity contribution is -0.0299. The number of likely N-dealkylation sites (tertiary alicyclic amines) is 2. The molecule has 722 valence electrons. The van der Waals surface area contributed by atoms with Gasteiger partial charge in [0, 0.05) is 226 Å². The van der Waals surface area contributed by atoms with Gasteiger partial charge in [-0.05, 0) is 292 Å². The standard InChI is InChI=1S/C24H31N5O.C22H26N6O2.C20H24N6O.2C19H22N6O/c1-23(2)15-17(16-24(3,4)28(23)5)13-18-7-10-21(27-26-18)20-9-8-19(14-22(20)30)29-12-6-11-25-29;29-13-12-26-10-6-22(15-26)7-11-27(16-22)21-5-4-19(24-25-21)18-3-2-17(14-20(18)30)28-9-1-8-23-28;1-24(2)16-5-3-11-25(14-16)20-9-8-18(22-23-20)17-7-6-15(13-19(17)27)26-12-4-10-21-26;1-19(2)13-24(11-9-20-19)18-7-6-16(22-23-18)15-5-4-14(12-17(15)26)25-10-3-8-21-25;1-19(20)7-11-24(12-8-19)18-6-5-16(22-23-18)15-4-3-14(13-17(15)26)25-10-2-9-21-25/h6-12,14,17,30H,13,15-16H2,1-5H3;1-5,8-9,14,29-30H,6-7,10-13,15-16H2;4,6-10,12-13,16,27H,3,5,11,14H2,1-2H3;3-8,10,12,20,26H,9,11,13H2,1-2H3;2-6,9-10,13,26H,7-8,11-12,20H2,1H3. The van der Waals surface area contributed by atoms with Gasteiger partial charge in [-0.15, -0.1) is 40.8 Å². The summed E-state index contributed by atoms with van der Waals surface area (Å²) in [5.41, 5.74) is 18.3. The van der Waals surface area contributed by atoms with Crippen LogP contribution in [0.25, 0.3) is 84.7 Å². The van der Waals surface area contributed by atoms with Crippen LogP contribution in [0, 0.1) is 11.3 Å². The molecule has 2 atom stereocenters. The predicted molar refractivity (Wildman–Crippen MR) is 538 cm³/mol. The Balaban J connectivity index is 0.000000120. The van der Waals surface area contributed by atoms with Crippen molar-refractivity contribution in [3.05, 3.63) is 250 Å². The predicted octanol–water partition coefficient (Wildman–Crippen LogP) is 13.5. The average molecular weight is 1880 g/mol. The minimum Gasteiger partial charge on any atom is -0.507 e. The summed E-state index contributed by atoms with van der Waals surface area (Å²) in [6.45, 7) is 27.2. The molecule has 0 amide bonds. The molecule has 6 saturated heterocycles. The first kappa shape index (κ1) is 96.2. The number of phenols is 5. The van der Waals surface area contributed by atoms with Crippen LogP contribution in [0.2, 0.25) is 0 Å². The van der Waals surface area contributed by atoms with E-state index >= 15 is 0 Å². The van der Waals surface area contributed by atoms with Gasteiger partial charge in [0.2, 0.25) is 0 Å². The van der Waals surface area contributed by atoms with Crippen LogP contribution in [0.5, 0.6) is 28.7 Å². The fourth-order valence-corrected chi connectivity index (χ4v) is 19.7. The van der Waals surface area contributed by atoms with Crippen molar-refractivity contribution >= 4 is 23.3 Å². The van der Waals surface area contributed by atoms with E-state index in [1.807, 2.05) is 183 Å². The van der Waals surface area contributed by atoms with Crippen LogP contribution in [0.3, 0.4) is 0 Å². The molecule has 139 heavy (non-hydrogen) atoms. The van der Waals surface area contributed by atoms with Crippen molar-refractivity contribution in [1.29, 1.82) is 0 Å². The third-order valence-corrected chi connectivity index (χ3v) is 27.6. The van der Waals surface area contributed by atoms with E-state index < -0.39 is 0 Å². The Morgan fingerprint density at radius 2 is 0.755 bits per heavy atom. The highest BCUT2D eigenvalue weighted by Gasteiger charge is 2.45. The van der Waals surface area contributed by atoms with Crippen LogP contribution in [0.15, 0.2) is 244 Å². The molecule has 0 radical (unpaired) electrons. The first-order valence-electron chi connectivity index (χ1n) is 47.6. The molecular formula is C104H125N29O6. The summed E-state index contributed by atoms with van der Waals surface area (Å²) in [6.07, 6.45) is 27.5. The maximum Gasteiger partial charge on any atom is 0.151 e. The Kier molecular flexibility index (Phi) is 29.0. The minimum absolute atomic E-state index is 0.0548. The molecule has 10 aromatic heterocycles. The number of aromatic hydroxyl groups is 5. The number of benzene rings is 5. The third kappa shape index (κ3) is 23.2. The average Bonchev–Trinajstić information content (AvgIpc) is 1.60. The van der Waals surface area contributed by atoms with Gasteiger partial charge in [0.05, 0.1) is 69.2 Å². The lowest BCUT2D eigenvalue weighted by Gasteiger charge is -2.53. The summed E-state index contributed by atoms with van der Waals surface area (Å²) < 4.78 is 8.51. The summed E-state index contributed by atoms with van der Waals surface area (Å²) in [5, 5.41) is 130. The number of anilines is 4. The van der Waals surface area contributed by atoms with Crippen LogP contribution >= 0.6 is 0 Å². The number of nitrogens with one attached hydrogen (secondary N) is 1. The number of piperazine rings is 1. The maximum atomic E-state index is 10.5. The second-order valence-electron chi connectivity index (χ2n) is 39.4. The number of piperidine rings is 3. The van der Waals surface area contributed by atoms with Gasteiger partial charge in [-0.25, -0.2) is 23.4 Å². The molecule has 35 heteroatoms. The molecule has 16 heterocycles. The number of nitrogens with zero attached hydrogens (tertiary/aromatic N) is 27. The molecule has 2 unspecified atom stereocenters. The number of phenolic OH excluding ortho intramolecular Hbond substituents is 5. The van der Waals surface area contributed by atoms with E-state index in [9.17, 15) is 30.6 Å². The van der Waals surface area contributed by atoms with Crippen LogP contribution in [0.1, 0.15) is 106 Å². The Hall–Kier alpha value is -14.5. The second-order valence-corrected chi connectivity index (χ2v) is 39.4. The number of hydrogen-bond donors (Lipinski definition) is 8. The van der Waals surface area contributed by atoms with Crippen molar-refractivity contribution in [1.82, 2.24) is 120 Å². The number of aromatic nitrogens is 20. The summed E-state index contributed by atoms with van der Waals surface area (Å²) in [4.78, 5) is 16.1. The lowest BCUT2D eigenvalue weighted by atomic mass is 9.72. The van der Waals surface area contributed by atoms with E-state index in [1.54, 1.807) is 84.7 Å². The molecule has 35 nitrogen and oxygen atoms in total. The zero-order valence-corrected chi connectivity index (χ0v) is 80.6. The SMILES string of the molecule is CC1(C)CN(c2ccc(-c3ccc(-n4cccn4)cc3O)nn2)CCN1.CC1(N)CCN(c2ccc(-c3ccc(-n4cccn4)cc3O)nn2)CC1.CN(C)C1CCCN(c2ccc(-c3ccc(-n4cccn4)cc3O)nn2)C1.CN1C(C)(C)CC(Cc2ccc(-c3ccc(-n4cccn4)cc3O)nn2)CC1(C)C.OCCN1CCC2(CCN(c3ccc(-c4ccc(-n5cccn5)cc4O)nn3)C2)C1. The largest absolute Gasteiger partial charge is 0.507 e. The highest BCUT2D eigenvalue weighted by molar-refractivity contribution is 5.73. The molecule has 6 fully saturated rings. The van der Waals surface area contributed by atoms with Gasteiger partial charge in [-0.3, -0.25) is 4.90 Å². The number of rotatable bonds is 19. The Morgan fingerprint density at radius 1 is 0.396 bits per heavy atom. The highest BCUT2D eigenvalue weighted by Crippen LogP contribution is 2.45. The third-order valence-electron chi connectivity index (χ3n) is 27.6. The molecule has 21 rings (SSSR count). The van der Waals surface area contributed by atoms with E-state index in [0.717, 1.165) is 181 Å². The monoisotopic (exact) mass is 1880 g/mol. The molecule has 15 aromatic rings. The van der Waals surface area contributed by atoms with E-state index in [4.69, 9.17) is 5.73 Å². The highest BCUT2D eigenvalue weighted by atomic mass is 16.3. The Morgan fingerprint density at radius 3 is 1.09 bits per heavy atom. The smallest absolute Gasteiger partial charge is 0.151 e. The van der Waals surface area contributed by atoms with Gasteiger partial charge in [0.25, 0.3) is 0 Å². The van der Waals surface area contributed by atoms with Crippen LogP contribution in [0.4, 0.5) is 23.3 Å². The van der Waals surface area contributed by atoms with Gasteiger partial charge in [-0.1, -0.05) is 0 Å². The Labute approximate surface area is 810 Å². The molecule has 5 aromatic carbocycles. The topological polar surface area (TPSA) is 400 Å². The maximum absolute atomic E-state index is 10.5. The fraction of sp³-hybridized carbons (Fsp3) is 0.375. The van der Waals surface area contributed by atoms with Gasteiger partial charge in [0.1, 0.15) is 28.7 Å². The van der Waals surface area contributed by atoms with E-state index in [0.29, 0.717) is 73.7 Å². The molecular weight excluding hydrogens is 1750 g/mol. The summed E-state index contributed by atoms with van der Waals surface area (Å²) in [7, 11) is 6.48. The zero-order chi connectivity index (χ0) is 97.2. The van der Waals surface area contributed by atoms with Gasteiger partial charge in [-0.2, -0.15) is 35.7 Å². The quantitative estimate of drug-likeness (QED) is 0.0373. The number of aliphatic hydroxyl groups is 1. The van der Waals surface area contributed by atoms with Crippen molar-refractivity contribution in [3.8, 4) is 113 Å². The second kappa shape index (κ2) is 41.8. The summed E-state index contributed by atoms with van der Waals surface area (Å²) in [6, 6.07) is 56.4. The summed E-state index contributed by atoms with van der Waals surface area (Å²) in [5.74, 6) is 4.84. The van der Waals surface area contributed by atoms with Crippen molar-refractivity contribution in [3.63, 3.8) is 0 Å². The minimum atomic E-state index is -0.0913. The summed E-state index contributed by atoms with van der Waals surface area (Å²) >= 11 is 0. The van der Waals surface area contributed by atoms with E-state index in [1.165, 1.54) is 12.8 Å². The van der Waals surface area contributed by atoms with Gasteiger partial charge >= 0.3 is 0 Å². The van der Waals surface area contributed by atoms with Crippen LogP contribution < -0.4 is 30.7 Å². The normalized spacial score (nSPS) is 18.4.